The lowest BCUT2D eigenvalue weighted by molar-refractivity contribution is -0.130. The maximum absolute atomic E-state index is 14.4. The van der Waals surface area contributed by atoms with Crippen LogP contribution in [0.2, 0.25) is 0 Å². The SMILES string of the molecule is CCOP(COC(CC(F)n1cc(C)c(=O)[nH]c1=O)OC)OCC. The Labute approximate surface area is 140 Å². The Hall–Kier alpha value is -1.12. The van der Waals surface area contributed by atoms with E-state index in [1.807, 2.05) is 13.8 Å². The summed E-state index contributed by atoms with van der Waals surface area (Å²) in [7, 11) is 0.142. The Balaban J connectivity index is 2.69. The van der Waals surface area contributed by atoms with Crippen molar-refractivity contribution in [3.63, 3.8) is 0 Å². The Bertz CT molecular complexity index is 602. The first-order valence-electron chi connectivity index (χ1n) is 7.56. The molecule has 10 heteroatoms. The van der Waals surface area contributed by atoms with Gasteiger partial charge in [0, 0.05) is 25.3 Å². The van der Waals surface area contributed by atoms with Gasteiger partial charge in [-0.1, -0.05) is 0 Å². The lowest BCUT2D eigenvalue weighted by atomic mass is 10.3. The minimum atomic E-state index is -1.71. The zero-order chi connectivity index (χ0) is 18.1. The van der Waals surface area contributed by atoms with Crippen molar-refractivity contribution in [1.29, 1.82) is 0 Å². The van der Waals surface area contributed by atoms with Gasteiger partial charge in [-0.05, 0) is 20.8 Å². The molecule has 0 spiro atoms. The van der Waals surface area contributed by atoms with Crippen molar-refractivity contribution < 1.29 is 22.9 Å². The molecule has 0 bridgehead atoms. The number of aryl methyl sites for hydroxylation is 1. The number of hydrogen-bond donors (Lipinski definition) is 1. The van der Waals surface area contributed by atoms with Gasteiger partial charge >= 0.3 is 5.69 Å². The van der Waals surface area contributed by atoms with Crippen molar-refractivity contribution in [2.45, 2.75) is 39.8 Å². The second-order valence-electron chi connectivity index (χ2n) is 4.78. The fourth-order valence-corrected chi connectivity index (χ4v) is 2.93. The molecule has 0 radical (unpaired) electrons. The number of nitrogens with one attached hydrogen (secondary N) is 1. The van der Waals surface area contributed by atoms with Gasteiger partial charge in [-0.2, -0.15) is 0 Å². The molecule has 1 aromatic heterocycles. The molecule has 1 N–H and O–H groups in total. The van der Waals surface area contributed by atoms with Crippen LogP contribution in [-0.2, 0) is 18.5 Å². The molecule has 0 aliphatic heterocycles. The highest BCUT2D eigenvalue weighted by atomic mass is 31.2. The van der Waals surface area contributed by atoms with Gasteiger partial charge in [0.05, 0.1) is 13.2 Å². The van der Waals surface area contributed by atoms with E-state index in [4.69, 9.17) is 18.5 Å². The summed E-state index contributed by atoms with van der Waals surface area (Å²) >= 11 is 0. The van der Waals surface area contributed by atoms with Gasteiger partial charge in [-0.3, -0.25) is 14.3 Å². The third-order valence-electron chi connectivity index (χ3n) is 3.01. The molecule has 24 heavy (non-hydrogen) atoms. The number of ether oxygens (including phenoxy) is 2. The summed E-state index contributed by atoms with van der Waals surface area (Å²) in [6.45, 7) is 6.12. The monoisotopic (exact) mass is 366 g/mol. The van der Waals surface area contributed by atoms with Crippen molar-refractivity contribution in [2.75, 3.05) is 26.7 Å². The van der Waals surface area contributed by atoms with Crippen molar-refractivity contribution in [3.8, 4) is 0 Å². The first-order valence-corrected chi connectivity index (χ1v) is 8.93. The predicted octanol–water partition coefficient (Wildman–Crippen LogP) is 2.03. The summed E-state index contributed by atoms with van der Waals surface area (Å²) in [5.74, 6) is 0. The summed E-state index contributed by atoms with van der Waals surface area (Å²) < 4.78 is 36.5. The van der Waals surface area contributed by atoms with Crippen LogP contribution in [-0.4, -0.2) is 42.5 Å². The Morgan fingerprint density at radius 3 is 2.46 bits per heavy atom. The zero-order valence-electron chi connectivity index (χ0n) is 14.3. The molecule has 1 rings (SSSR count). The standard InChI is InChI=1S/C14H24FN2O6P/c1-5-22-24(23-6-2)9-21-12(20-4)7-11(15)17-8-10(3)13(18)16-14(17)19/h8,11-12H,5-7,9H2,1-4H3,(H,16,18,19). The molecule has 0 saturated carbocycles. The molecule has 2 unspecified atom stereocenters. The number of halogens is 1. The minimum Gasteiger partial charge on any atom is -0.356 e. The third-order valence-corrected chi connectivity index (χ3v) is 4.46. The Kier molecular flexibility index (Phi) is 9.31. The summed E-state index contributed by atoms with van der Waals surface area (Å²) in [6.07, 6.45) is -1.51. The van der Waals surface area contributed by atoms with E-state index in [-0.39, 0.29) is 18.3 Å². The zero-order valence-corrected chi connectivity index (χ0v) is 15.2. The molecular weight excluding hydrogens is 342 g/mol. The first-order chi connectivity index (χ1) is 11.4. The fourth-order valence-electron chi connectivity index (χ4n) is 1.84. The van der Waals surface area contributed by atoms with Gasteiger partial charge in [0.2, 0.25) is 0 Å². The van der Waals surface area contributed by atoms with Gasteiger partial charge in [0.1, 0.15) is 6.35 Å². The summed E-state index contributed by atoms with van der Waals surface area (Å²) in [6, 6.07) is 0. The van der Waals surface area contributed by atoms with Gasteiger partial charge in [0.25, 0.3) is 5.56 Å². The highest BCUT2D eigenvalue weighted by molar-refractivity contribution is 7.47. The second kappa shape index (κ2) is 10.7. The van der Waals surface area contributed by atoms with E-state index < -0.39 is 32.2 Å². The number of aromatic nitrogens is 2. The van der Waals surface area contributed by atoms with E-state index in [9.17, 15) is 14.0 Å². The van der Waals surface area contributed by atoms with E-state index in [1.165, 1.54) is 20.2 Å². The van der Waals surface area contributed by atoms with Gasteiger partial charge in [-0.25, -0.2) is 9.18 Å². The molecule has 0 aromatic carbocycles. The van der Waals surface area contributed by atoms with Crippen molar-refractivity contribution in [3.05, 3.63) is 32.6 Å². The average Bonchev–Trinajstić information content (AvgIpc) is 2.54. The van der Waals surface area contributed by atoms with Crippen molar-refractivity contribution >= 4 is 8.38 Å². The molecule has 1 aromatic rings. The van der Waals surface area contributed by atoms with Crippen LogP contribution in [0.3, 0.4) is 0 Å². The number of nitrogens with zero attached hydrogens (tertiary/aromatic N) is 1. The van der Waals surface area contributed by atoms with Gasteiger partial charge in [-0.15, -0.1) is 0 Å². The van der Waals surface area contributed by atoms with Crippen LogP contribution in [0.4, 0.5) is 4.39 Å². The second-order valence-corrected chi connectivity index (χ2v) is 6.22. The van der Waals surface area contributed by atoms with Crippen LogP contribution in [0.15, 0.2) is 15.8 Å². The van der Waals surface area contributed by atoms with Crippen molar-refractivity contribution in [2.24, 2.45) is 0 Å². The van der Waals surface area contributed by atoms with E-state index in [0.717, 1.165) is 4.57 Å². The molecule has 0 saturated heterocycles. The molecule has 8 nitrogen and oxygen atoms in total. The van der Waals surface area contributed by atoms with Crippen LogP contribution < -0.4 is 11.2 Å². The topological polar surface area (TPSA) is 91.8 Å². The fraction of sp³-hybridized carbons (Fsp3) is 0.714. The molecule has 2 atom stereocenters. The molecule has 0 amide bonds. The number of rotatable bonds is 11. The lowest BCUT2D eigenvalue weighted by Gasteiger charge is -2.22. The number of H-pyrrole nitrogens is 1. The number of methoxy groups -OCH3 is 1. The Morgan fingerprint density at radius 1 is 1.29 bits per heavy atom. The predicted molar refractivity (Wildman–Crippen MR) is 87.7 cm³/mol. The average molecular weight is 366 g/mol. The van der Waals surface area contributed by atoms with Crippen LogP contribution in [0.1, 0.15) is 32.1 Å². The van der Waals surface area contributed by atoms with Gasteiger partial charge in [0.15, 0.2) is 21.0 Å². The lowest BCUT2D eigenvalue weighted by Crippen LogP contribution is -2.33. The molecule has 138 valence electrons. The van der Waals surface area contributed by atoms with Crippen LogP contribution in [0.5, 0.6) is 0 Å². The van der Waals surface area contributed by atoms with E-state index in [2.05, 4.69) is 4.98 Å². The number of hydrogen-bond acceptors (Lipinski definition) is 6. The maximum Gasteiger partial charge on any atom is 0.330 e. The van der Waals surface area contributed by atoms with E-state index >= 15 is 0 Å². The van der Waals surface area contributed by atoms with Crippen LogP contribution >= 0.6 is 8.38 Å². The minimum absolute atomic E-state index is 0.127. The van der Waals surface area contributed by atoms with Crippen molar-refractivity contribution in [1.82, 2.24) is 9.55 Å². The molecular formula is C14H24FN2O6P. The van der Waals surface area contributed by atoms with E-state index in [1.54, 1.807) is 0 Å². The Morgan fingerprint density at radius 2 is 1.92 bits per heavy atom. The molecule has 1 heterocycles. The highest BCUT2D eigenvalue weighted by Gasteiger charge is 2.21. The van der Waals surface area contributed by atoms with Crippen LogP contribution in [0, 0.1) is 6.92 Å². The first kappa shape index (κ1) is 20.9. The summed E-state index contributed by atoms with van der Waals surface area (Å²) in [5.41, 5.74) is -1.12. The molecule has 0 fully saturated rings. The largest absolute Gasteiger partial charge is 0.356 e. The molecule has 0 aliphatic carbocycles. The third kappa shape index (κ3) is 6.41. The summed E-state index contributed by atoms with van der Waals surface area (Å²) in [4.78, 5) is 25.1. The number of aromatic amines is 1. The highest BCUT2D eigenvalue weighted by Crippen LogP contribution is 2.38. The number of alkyl halides is 1. The maximum atomic E-state index is 14.4. The normalized spacial score (nSPS) is 14.1. The van der Waals surface area contributed by atoms with E-state index in [0.29, 0.717) is 13.2 Å². The summed E-state index contributed by atoms with van der Waals surface area (Å²) in [5, 5.41) is 0. The smallest absolute Gasteiger partial charge is 0.330 e. The van der Waals surface area contributed by atoms with Gasteiger partial charge < -0.3 is 18.5 Å². The van der Waals surface area contributed by atoms with Crippen LogP contribution in [0.25, 0.3) is 0 Å². The molecule has 0 aliphatic rings. The quantitative estimate of drug-likeness (QED) is 0.476.